The Morgan fingerprint density at radius 2 is 1.83 bits per heavy atom. The van der Waals surface area contributed by atoms with Crippen molar-refractivity contribution in [2.24, 2.45) is 0 Å². The van der Waals surface area contributed by atoms with Crippen molar-refractivity contribution in [2.45, 2.75) is 18.2 Å². The molecule has 2 heterocycles. The summed E-state index contributed by atoms with van der Waals surface area (Å²) in [5, 5.41) is 7.56. The van der Waals surface area contributed by atoms with E-state index in [0.29, 0.717) is 35.8 Å². The van der Waals surface area contributed by atoms with Crippen LogP contribution in [-0.4, -0.2) is 30.3 Å². The molecule has 0 radical (unpaired) electrons. The van der Waals surface area contributed by atoms with Crippen LogP contribution in [0.3, 0.4) is 0 Å². The van der Waals surface area contributed by atoms with Gasteiger partial charge in [-0.05, 0) is 37.3 Å². The third kappa shape index (κ3) is 3.90. The normalized spacial score (nSPS) is 11.5. The topological polar surface area (TPSA) is 102 Å². The van der Waals surface area contributed by atoms with Crippen LogP contribution in [0.5, 0.6) is 0 Å². The number of aromatic nitrogens is 3. The van der Waals surface area contributed by atoms with Gasteiger partial charge in [0.25, 0.3) is 15.9 Å². The van der Waals surface area contributed by atoms with E-state index < -0.39 is 10.0 Å². The summed E-state index contributed by atoms with van der Waals surface area (Å²) < 4.78 is 38.1. The lowest BCUT2D eigenvalue weighted by atomic mass is 10.2. The van der Waals surface area contributed by atoms with E-state index in [-0.39, 0.29) is 10.8 Å². The lowest BCUT2D eigenvalue weighted by Gasteiger charge is -2.23. The molecule has 0 aliphatic rings. The maximum atomic E-state index is 13.2. The maximum absolute atomic E-state index is 13.2. The van der Waals surface area contributed by atoms with Crippen LogP contribution in [0.25, 0.3) is 11.5 Å². The number of para-hydroxylation sites is 1. The molecule has 148 valence electrons. The first kappa shape index (κ1) is 18.9. The maximum Gasteiger partial charge on any atom is 0.264 e. The molecule has 0 aliphatic carbocycles. The van der Waals surface area contributed by atoms with Gasteiger partial charge in [0.05, 0.1) is 23.2 Å². The van der Waals surface area contributed by atoms with Gasteiger partial charge in [-0.2, -0.15) is 4.98 Å². The molecule has 0 spiro atoms. The number of hydrogen-bond donors (Lipinski definition) is 0. The van der Waals surface area contributed by atoms with Gasteiger partial charge in [-0.15, -0.1) is 0 Å². The first-order chi connectivity index (χ1) is 14.1. The lowest BCUT2D eigenvalue weighted by Crippen LogP contribution is -2.30. The molecule has 0 atom stereocenters. The highest BCUT2D eigenvalue weighted by Crippen LogP contribution is 2.26. The summed E-state index contributed by atoms with van der Waals surface area (Å²) in [5.41, 5.74) is 1.12. The molecule has 0 saturated carbocycles. The van der Waals surface area contributed by atoms with Crippen molar-refractivity contribution in [3.05, 3.63) is 78.4 Å². The number of nitrogens with zero attached hydrogens (tertiary/aromatic N) is 4. The van der Waals surface area contributed by atoms with Crippen molar-refractivity contribution >= 4 is 15.7 Å². The quantitative estimate of drug-likeness (QED) is 0.459. The predicted octanol–water partition coefficient (Wildman–Crippen LogP) is 3.53. The minimum Gasteiger partial charge on any atom is -0.361 e. The largest absolute Gasteiger partial charge is 0.361 e. The Labute approximate surface area is 167 Å². The van der Waals surface area contributed by atoms with Crippen LogP contribution in [-0.2, 0) is 16.4 Å². The van der Waals surface area contributed by atoms with Crippen LogP contribution >= 0.6 is 0 Å². The van der Waals surface area contributed by atoms with Crippen LogP contribution in [0.1, 0.15) is 18.5 Å². The zero-order valence-electron chi connectivity index (χ0n) is 15.6. The minimum atomic E-state index is -3.75. The molecule has 0 fully saturated rings. The van der Waals surface area contributed by atoms with Crippen LogP contribution in [0, 0.1) is 0 Å². The average Bonchev–Trinajstić information content (AvgIpc) is 3.42. The highest BCUT2D eigenvalue weighted by Gasteiger charge is 2.24. The van der Waals surface area contributed by atoms with Gasteiger partial charge < -0.3 is 9.05 Å². The molecule has 29 heavy (non-hydrogen) atoms. The molecule has 0 amide bonds. The Bertz CT molecular complexity index is 1190. The number of sulfonamides is 1. The standard InChI is InChI=1S/C20H18N4O4S/c1-2-24(16-8-4-3-5-9-16)29(25,26)18-10-6-7-15(13-18)20-22-19(23-28-20)14-17-11-12-21-27-17/h3-13H,2,14H2,1H3. The third-order valence-corrected chi connectivity index (χ3v) is 6.19. The van der Waals surface area contributed by atoms with Crippen molar-refractivity contribution in [3.63, 3.8) is 0 Å². The first-order valence-electron chi connectivity index (χ1n) is 8.98. The summed E-state index contributed by atoms with van der Waals surface area (Å²) in [5.74, 6) is 1.26. The highest BCUT2D eigenvalue weighted by atomic mass is 32.2. The molecule has 8 nitrogen and oxygen atoms in total. The molecule has 0 aliphatic heterocycles. The summed E-state index contributed by atoms with van der Waals surface area (Å²) in [4.78, 5) is 4.48. The van der Waals surface area contributed by atoms with Gasteiger partial charge in [0.2, 0.25) is 0 Å². The average molecular weight is 410 g/mol. The number of anilines is 1. The summed E-state index contributed by atoms with van der Waals surface area (Å²) in [6, 6.07) is 17.2. The van der Waals surface area contributed by atoms with E-state index in [2.05, 4.69) is 15.3 Å². The molecule has 4 rings (SSSR count). The second-order valence-electron chi connectivity index (χ2n) is 6.20. The molecule has 2 aromatic carbocycles. The van der Waals surface area contributed by atoms with Crippen LogP contribution < -0.4 is 4.31 Å². The van der Waals surface area contributed by atoms with Crippen molar-refractivity contribution in [3.8, 4) is 11.5 Å². The molecular formula is C20H18N4O4S. The SMILES string of the molecule is CCN(c1ccccc1)S(=O)(=O)c1cccc(-c2nc(Cc3ccno3)no2)c1. The lowest BCUT2D eigenvalue weighted by molar-refractivity contribution is 0.382. The summed E-state index contributed by atoms with van der Waals surface area (Å²) in [6.07, 6.45) is 1.87. The van der Waals surface area contributed by atoms with Gasteiger partial charge in [0, 0.05) is 18.2 Å². The van der Waals surface area contributed by atoms with Gasteiger partial charge in [-0.1, -0.05) is 34.6 Å². The summed E-state index contributed by atoms with van der Waals surface area (Å²) in [6.45, 7) is 2.10. The third-order valence-electron chi connectivity index (χ3n) is 4.29. The molecule has 0 saturated heterocycles. The fraction of sp³-hybridized carbons (Fsp3) is 0.150. The summed E-state index contributed by atoms with van der Waals surface area (Å²) >= 11 is 0. The van der Waals surface area contributed by atoms with Crippen molar-refractivity contribution < 1.29 is 17.5 Å². The van der Waals surface area contributed by atoms with Crippen LogP contribution in [0.15, 0.2) is 80.8 Å². The Balaban J connectivity index is 1.64. The van der Waals surface area contributed by atoms with Gasteiger partial charge in [0.15, 0.2) is 5.82 Å². The van der Waals surface area contributed by atoms with Crippen LogP contribution in [0.2, 0.25) is 0 Å². The second kappa shape index (κ2) is 7.88. The van der Waals surface area contributed by atoms with E-state index in [0.717, 1.165) is 0 Å². The zero-order valence-corrected chi connectivity index (χ0v) is 16.4. The molecule has 2 aromatic heterocycles. The molecule has 0 bridgehead atoms. The second-order valence-corrected chi connectivity index (χ2v) is 8.07. The Kier molecular flexibility index (Phi) is 5.13. The number of hydrogen-bond acceptors (Lipinski definition) is 7. The summed E-state index contributed by atoms with van der Waals surface area (Å²) in [7, 11) is -3.75. The van der Waals surface area contributed by atoms with Crippen molar-refractivity contribution in [1.82, 2.24) is 15.3 Å². The van der Waals surface area contributed by atoms with E-state index in [9.17, 15) is 8.42 Å². The Morgan fingerprint density at radius 3 is 2.55 bits per heavy atom. The smallest absolute Gasteiger partial charge is 0.264 e. The Morgan fingerprint density at radius 1 is 1.00 bits per heavy atom. The molecule has 9 heteroatoms. The monoisotopic (exact) mass is 410 g/mol. The zero-order chi connectivity index (χ0) is 20.3. The van der Waals surface area contributed by atoms with Crippen molar-refractivity contribution in [2.75, 3.05) is 10.8 Å². The van der Waals surface area contributed by atoms with E-state index in [1.54, 1.807) is 55.5 Å². The molecule has 0 unspecified atom stereocenters. The van der Waals surface area contributed by atoms with E-state index in [1.807, 2.05) is 6.07 Å². The van der Waals surface area contributed by atoms with E-state index >= 15 is 0 Å². The van der Waals surface area contributed by atoms with E-state index in [4.69, 9.17) is 9.05 Å². The molecule has 0 N–H and O–H groups in total. The fourth-order valence-corrected chi connectivity index (χ4v) is 4.45. The predicted molar refractivity (Wildman–Crippen MR) is 106 cm³/mol. The van der Waals surface area contributed by atoms with Crippen molar-refractivity contribution in [1.29, 1.82) is 0 Å². The van der Waals surface area contributed by atoms with Crippen LogP contribution in [0.4, 0.5) is 5.69 Å². The van der Waals surface area contributed by atoms with Gasteiger partial charge in [-0.25, -0.2) is 8.42 Å². The fourth-order valence-electron chi connectivity index (χ4n) is 2.93. The van der Waals surface area contributed by atoms with Gasteiger partial charge in [-0.3, -0.25) is 4.31 Å². The molecule has 4 aromatic rings. The first-order valence-corrected chi connectivity index (χ1v) is 10.4. The molecular weight excluding hydrogens is 392 g/mol. The van der Waals surface area contributed by atoms with Gasteiger partial charge >= 0.3 is 0 Å². The highest BCUT2D eigenvalue weighted by molar-refractivity contribution is 7.92. The Hall–Kier alpha value is -3.46. The number of benzene rings is 2. The van der Waals surface area contributed by atoms with E-state index in [1.165, 1.54) is 16.6 Å². The minimum absolute atomic E-state index is 0.149. The number of rotatable bonds is 7. The van der Waals surface area contributed by atoms with Gasteiger partial charge in [0.1, 0.15) is 5.76 Å².